The minimum absolute atomic E-state index is 0.0490. The largest absolute Gasteiger partial charge is 0.438 e. The SMILES string of the molecule is Cc1ncoc1C(=O)N1CCC(Cc2ccnc3ccccc23)C1. The van der Waals surface area contributed by atoms with Crippen LogP contribution in [0.25, 0.3) is 10.9 Å². The number of likely N-dealkylation sites (tertiary alicyclic amines) is 1. The van der Waals surface area contributed by atoms with Crippen molar-refractivity contribution >= 4 is 16.8 Å². The van der Waals surface area contributed by atoms with E-state index in [1.165, 1.54) is 17.3 Å². The third-order valence-electron chi connectivity index (χ3n) is 4.76. The van der Waals surface area contributed by atoms with Crippen LogP contribution in [-0.4, -0.2) is 33.9 Å². The fraction of sp³-hybridized carbons (Fsp3) is 0.316. The number of fused-ring (bicyclic) bond motifs is 1. The zero-order valence-corrected chi connectivity index (χ0v) is 13.6. The van der Waals surface area contributed by atoms with E-state index in [-0.39, 0.29) is 5.91 Å². The van der Waals surface area contributed by atoms with Gasteiger partial charge in [0.1, 0.15) is 0 Å². The molecule has 3 aromatic rings. The summed E-state index contributed by atoms with van der Waals surface area (Å²) in [7, 11) is 0. The summed E-state index contributed by atoms with van der Waals surface area (Å²) in [6.45, 7) is 3.33. The molecule has 0 aliphatic carbocycles. The maximum absolute atomic E-state index is 12.5. The van der Waals surface area contributed by atoms with Crippen molar-refractivity contribution in [3.05, 3.63) is 59.9 Å². The molecular formula is C19H19N3O2. The lowest BCUT2D eigenvalue weighted by Gasteiger charge is -2.16. The number of aryl methyl sites for hydroxylation is 1. The van der Waals surface area contributed by atoms with Crippen molar-refractivity contribution in [1.29, 1.82) is 0 Å². The third kappa shape index (κ3) is 2.66. The molecule has 3 heterocycles. The number of aromatic nitrogens is 2. The summed E-state index contributed by atoms with van der Waals surface area (Å²) >= 11 is 0. The van der Waals surface area contributed by atoms with Crippen LogP contribution >= 0.6 is 0 Å². The van der Waals surface area contributed by atoms with Gasteiger partial charge in [-0.3, -0.25) is 9.78 Å². The topological polar surface area (TPSA) is 59.2 Å². The summed E-state index contributed by atoms with van der Waals surface area (Å²) in [5.41, 5.74) is 2.98. The van der Waals surface area contributed by atoms with E-state index in [0.29, 0.717) is 17.4 Å². The highest BCUT2D eigenvalue weighted by Crippen LogP contribution is 2.26. The number of rotatable bonds is 3. The highest BCUT2D eigenvalue weighted by atomic mass is 16.3. The second kappa shape index (κ2) is 6.07. The summed E-state index contributed by atoms with van der Waals surface area (Å²) in [6.07, 6.45) is 5.17. The van der Waals surface area contributed by atoms with Crippen LogP contribution in [0.5, 0.6) is 0 Å². The number of para-hydroxylation sites is 1. The van der Waals surface area contributed by atoms with Crippen LogP contribution in [0.2, 0.25) is 0 Å². The molecule has 24 heavy (non-hydrogen) atoms. The van der Waals surface area contributed by atoms with Crippen molar-refractivity contribution < 1.29 is 9.21 Å². The molecule has 0 bridgehead atoms. The number of nitrogens with zero attached hydrogens (tertiary/aromatic N) is 3. The van der Waals surface area contributed by atoms with Gasteiger partial charge in [0.15, 0.2) is 6.39 Å². The summed E-state index contributed by atoms with van der Waals surface area (Å²) in [6, 6.07) is 10.3. The van der Waals surface area contributed by atoms with Crippen molar-refractivity contribution in [1.82, 2.24) is 14.9 Å². The maximum atomic E-state index is 12.5. The van der Waals surface area contributed by atoms with Crippen molar-refractivity contribution in [3.8, 4) is 0 Å². The van der Waals surface area contributed by atoms with Gasteiger partial charge in [-0.25, -0.2) is 4.98 Å². The molecule has 1 unspecified atom stereocenters. The molecular weight excluding hydrogens is 302 g/mol. The Balaban J connectivity index is 1.49. The Morgan fingerprint density at radius 2 is 2.17 bits per heavy atom. The highest BCUT2D eigenvalue weighted by Gasteiger charge is 2.29. The Labute approximate surface area is 140 Å². The normalized spacial score (nSPS) is 17.5. The molecule has 1 atom stereocenters. The van der Waals surface area contributed by atoms with Crippen LogP contribution in [0.3, 0.4) is 0 Å². The molecule has 4 rings (SSSR count). The molecule has 2 aromatic heterocycles. The predicted molar refractivity (Wildman–Crippen MR) is 90.7 cm³/mol. The van der Waals surface area contributed by atoms with E-state index in [1.54, 1.807) is 6.92 Å². The van der Waals surface area contributed by atoms with E-state index in [4.69, 9.17) is 4.42 Å². The van der Waals surface area contributed by atoms with Crippen molar-refractivity contribution in [2.75, 3.05) is 13.1 Å². The molecule has 1 aromatic carbocycles. The smallest absolute Gasteiger partial charge is 0.291 e. The molecule has 5 nitrogen and oxygen atoms in total. The van der Waals surface area contributed by atoms with Crippen LogP contribution in [0.1, 0.15) is 28.2 Å². The molecule has 1 fully saturated rings. The van der Waals surface area contributed by atoms with Crippen LogP contribution in [0.4, 0.5) is 0 Å². The average Bonchev–Trinajstić information content (AvgIpc) is 3.24. The van der Waals surface area contributed by atoms with E-state index in [1.807, 2.05) is 29.3 Å². The summed E-state index contributed by atoms with van der Waals surface area (Å²) < 4.78 is 5.24. The summed E-state index contributed by atoms with van der Waals surface area (Å²) in [4.78, 5) is 22.8. The molecule has 1 aliphatic rings. The van der Waals surface area contributed by atoms with Gasteiger partial charge < -0.3 is 9.32 Å². The van der Waals surface area contributed by atoms with Crippen molar-refractivity contribution in [2.45, 2.75) is 19.8 Å². The molecule has 5 heteroatoms. The number of carbonyl (C=O) groups is 1. The Hall–Kier alpha value is -2.69. The van der Waals surface area contributed by atoms with Crippen molar-refractivity contribution in [3.63, 3.8) is 0 Å². The highest BCUT2D eigenvalue weighted by molar-refractivity contribution is 5.92. The van der Waals surface area contributed by atoms with Crippen molar-refractivity contribution in [2.24, 2.45) is 5.92 Å². The fourth-order valence-electron chi connectivity index (χ4n) is 3.48. The lowest BCUT2D eigenvalue weighted by Crippen LogP contribution is -2.29. The van der Waals surface area contributed by atoms with Gasteiger partial charge in [-0.15, -0.1) is 0 Å². The van der Waals surface area contributed by atoms with Crippen LogP contribution in [0, 0.1) is 12.8 Å². The quantitative estimate of drug-likeness (QED) is 0.743. The number of amides is 1. The predicted octanol–water partition coefficient (Wildman–Crippen LogP) is 3.24. The second-order valence-electron chi connectivity index (χ2n) is 6.36. The van der Waals surface area contributed by atoms with Gasteiger partial charge >= 0.3 is 0 Å². The van der Waals surface area contributed by atoms with Crippen LogP contribution in [-0.2, 0) is 6.42 Å². The molecule has 0 N–H and O–H groups in total. The van der Waals surface area contributed by atoms with Gasteiger partial charge in [0.2, 0.25) is 5.76 Å². The summed E-state index contributed by atoms with van der Waals surface area (Å²) in [5.74, 6) is 0.778. The van der Waals surface area contributed by atoms with E-state index in [0.717, 1.165) is 31.4 Å². The first-order valence-corrected chi connectivity index (χ1v) is 8.24. The number of pyridine rings is 1. The number of carbonyl (C=O) groups excluding carboxylic acids is 1. The molecule has 122 valence electrons. The van der Waals surface area contributed by atoms with E-state index < -0.39 is 0 Å². The van der Waals surface area contributed by atoms with Crippen LogP contribution in [0.15, 0.2) is 47.3 Å². The zero-order valence-electron chi connectivity index (χ0n) is 13.6. The third-order valence-corrected chi connectivity index (χ3v) is 4.76. The Bertz CT molecular complexity index is 882. The first-order chi connectivity index (χ1) is 11.7. The lowest BCUT2D eigenvalue weighted by molar-refractivity contribution is 0.0754. The maximum Gasteiger partial charge on any atom is 0.291 e. The second-order valence-corrected chi connectivity index (χ2v) is 6.36. The molecule has 1 amide bonds. The molecule has 1 saturated heterocycles. The summed E-state index contributed by atoms with van der Waals surface area (Å²) in [5, 5.41) is 1.20. The lowest BCUT2D eigenvalue weighted by atomic mass is 9.96. The minimum Gasteiger partial charge on any atom is -0.438 e. The number of hydrogen-bond donors (Lipinski definition) is 0. The minimum atomic E-state index is -0.0490. The Kier molecular flexibility index (Phi) is 3.76. The number of oxazole rings is 1. The average molecular weight is 321 g/mol. The Morgan fingerprint density at radius 1 is 1.29 bits per heavy atom. The monoisotopic (exact) mass is 321 g/mol. The standard InChI is InChI=1S/C19H19N3O2/c1-13-18(24-12-21-13)19(23)22-9-7-14(11-22)10-15-6-8-20-17-5-3-2-4-16(15)17/h2-6,8,12,14H,7,9-11H2,1H3. The van der Waals surface area contributed by atoms with Gasteiger partial charge in [0.25, 0.3) is 5.91 Å². The molecule has 0 radical (unpaired) electrons. The number of benzene rings is 1. The first kappa shape index (κ1) is 14.9. The number of hydrogen-bond acceptors (Lipinski definition) is 4. The van der Waals surface area contributed by atoms with E-state index in [2.05, 4.69) is 22.1 Å². The van der Waals surface area contributed by atoms with Gasteiger partial charge in [0, 0.05) is 24.7 Å². The van der Waals surface area contributed by atoms with Crippen LogP contribution < -0.4 is 0 Å². The van der Waals surface area contributed by atoms with E-state index >= 15 is 0 Å². The molecule has 0 spiro atoms. The fourth-order valence-corrected chi connectivity index (χ4v) is 3.48. The van der Waals surface area contributed by atoms with Gasteiger partial charge in [-0.2, -0.15) is 0 Å². The molecule has 1 aliphatic heterocycles. The van der Waals surface area contributed by atoms with Gasteiger partial charge in [-0.05, 0) is 43.4 Å². The molecule has 0 saturated carbocycles. The van der Waals surface area contributed by atoms with Gasteiger partial charge in [0.05, 0.1) is 11.2 Å². The Morgan fingerprint density at radius 3 is 3.00 bits per heavy atom. The first-order valence-electron chi connectivity index (χ1n) is 8.24. The zero-order chi connectivity index (χ0) is 16.5. The van der Waals surface area contributed by atoms with Gasteiger partial charge in [-0.1, -0.05) is 18.2 Å². The van der Waals surface area contributed by atoms with E-state index in [9.17, 15) is 4.79 Å².